The number of carbonyl (C=O) groups excluding carboxylic acids is 1. The van der Waals surface area contributed by atoms with Crippen LogP contribution in [0, 0.1) is 5.41 Å². The molecule has 0 amide bonds. The molecule has 1 unspecified atom stereocenters. The van der Waals surface area contributed by atoms with E-state index in [1.807, 2.05) is 26.8 Å². The van der Waals surface area contributed by atoms with Crippen LogP contribution < -0.4 is 10.5 Å². The van der Waals surface area contributed by atoms with Gasteiger partial charge < -0.3 is 10.5 Å². The van der Waals surface area contributed by atoms with E-state index in [-0.39, 0.29) is 17.6 Å². The van der Waals surface area contributed by atoms with Crippen LogP contribution in [0.4, 0.5) is 0 Å². The molecule has 1 aliphatic rings. The molecule has 0 radical (unpaired) electrons. The second-order valence-corrected chi connectivity index (χ2v) is 6.57. The maximum absolute atomic E-state index is 12.2. The molecule has 0 aromatic heterocycles. The van der Waals surface area contributed by atoms with Crippen molar-refractivity contribution in [3.8, 4) is 5.75 Å². The van der Waals surface area contributed by atoms with Crippen LogP contribution in [0.1, 0.15) is 31.9 Å². The number of benzene rings is 1. The molecule has 4 heteroatoms. The predicted octanol–water partition coefficient (Wildman–Crippen LogP) is 2.76. The predicted molar refractivity (Wildman–Crippen MR) is 76.8 cm³/mol. The SMILES string of the molecule is CC(C)(C)C(N)C(=O)Cc1cc(Cl)cc2c1OCC2. The number of halogens is 1. The fourth-order valence-electron chi connectivity index (χ4n) is 2.26. The lowest BCUT2D eigenvalue weighted by Crippen LogP contribution is -2.43. The maximum atomic E-state index is 12.2. The Kier molecular flexibility index (Phi) is 3.88. The Balaban J connectivity index is 2.23. The molecular weight excluding hydrogens is 262 g/mol. The van der Waals surface area contributed by atoms with E-state index in [1.165, 1.54) is 0 Å². The molecule has 2 rings (SSSR count). The van der Waals surface area contributed by atoms with Crippen molar-refractivity contribution in [3.63, 3.8) is 0 Å². The van der Waals surface area contributed by atoms with Crippen molar-refractivity contribution in [1.82, 2.24) is 0 Å². The first-order chi connectivity index (χ1) is 8.79. The van der Waals surface area contributed by atoms with E-state index in [9.17, 15) is 4.79 Å². The Hall–Kier alpha value is -1.06. The molecule has 104 valence electrons. The van der Waals surface area contributed by atoms with Crippen LogP contribution in [0.25, 0.3) is 0 Å². The smallest absolute Gasteiger partial charge is 0.154 e. The molecule has 0 fully saturated rings. The number of ketones is 1. The van der Waals surface area contributed by atoms with E-state index in [0.717, 1.165) is 23.3 Å². The standard InChI is InChI=1S/C15H20ClNO2/c1-15(2,3)14(17)12(18)8-10-7-11(16)6-9-4-5-19-13(9)10/h6-7,14H,4-5,8,17H2,1-3H3. The zero-order chi connectivity index (χ0) is 14.2. The number of ether oxygens (including phenoxy) is 1. The van der Waals surface area contributed by atoms with Gasteiger partial charge in [0.1, 0.15) is 5.75 Å². The fraction of sp³-hybridized carbons (Fsp3) is 0.533. The molecule has 1 aromatic carbocycles. The van der Waals surface area contributed by atoms with Crippen molar-refractivity contribution >= 4 is 17.4 Å². The van der Waals surface area contributed by atoms with Gasteiger partial charge >= 0.3 is 0 Å². The molecule has 1 heterocycles. The Bertz CT molecular complexity index is 506. The van der Waals surface area contributed by atoms with Crippen molar-refractivity contribution in [2.24, 2.45) is 11.1 Å². The fourth-order valence-corrected chi connectivity index (χ4v) is 2.52. The Labute approximate surface area is 119 Å². The number of hydrogen-bond donors (Lipinski definition) is 1. The second kappa shape index (κ2) is 5.14. The largest absolute Gasteiger partial charge is 0.493 e. The van der Waals surface area contributed by atoms with Gasteiger partial charge in [-0.05, 0) is 23.1 Å². The van der Waals surface area contributed by atoms with Gasteiger partial charge in [0.05, 0.1) is 12.6 Å². The van der Waals surface area contributed by atoms with Gasteiger partial charge in [-0.25, -0.2) is 0 Å². The molecule has 1 aliphatic heterocycles. The van der Waals surface area contributed by atoms with E-state index in [4.69, 9.17) is 22.1 Å². The average Bonchev–Trinajstić information content (AvgIpc) is 2.74. The third kappa shape index (κ3) is 3.10. The molecule has 2 N–H and O–H groups in total. The second-order valence-electron chi connectivity index (χ2n) is 6.14. The van der Waals surface area contributed by atoms with Gasteiger partial charge in [0.2, 0.25) is 0 Å². The highest BCUT2D eigenvalue weighted by Gasteiger charge is 2.28. The van der Waals surface area contributed by atoms with Gasteiger partial charge in [-0.2, -0.15) is 0 Å². The summed E-state index contributed by atoms with van der Waals surface area (Å²) in [5.41, 5.74) is 7.70. The zero-order valence-corrected chi connectivity index (χ0v) is 12.4. The minimum atomic E-state index is -0.483. The summed E-state index contributed by atoms with van der Waals surface area (Å²) in [6.45, 7) is 6.56. The summed E-state index contributed by atoms with van der Waals surface area (Å²) < 4.78 is 5.60. The van der Waals surface area contributed by atoms with Crippen molar-refractivity contribution < 1.29 is 9.53 Å². The van der Waals surface area contributed by atoms with Crippen molar-refractivity contribution in [1.29, 1.82) is 0 Å². The van der Waals surface area contributed by atoms with Crippen molar-refractivity contribution in [2.45, 2.75) is 39.7 Å². The molecule has 0 spiro atoms. The van der Waals surface area contributed by atoms with Crippen LogP contribution >= 0.6 is 11.6 Å². The number of Topliss-reactive ketones (excluding diaryl/α,β-unsaturated/α-hetero) is 1. The van der Waals surface area contributed by atoms with E-state index < -0.39 is 6.04 Å². The lowest BCUT2D eigenvalue weighted by atomic mass is 9.83. The highest BCUT2D eigenvalue weighted by atomic mass is 35.5. The normalized spacial score (nSPS) is 15.8. The molecule has 19 heavy (non-hydrogen) atoms. The highest BCUT2D eigenvalue weighted by Crippen LogP contribution is 2.33. The van der Waals surface area contributed by atoms with Crippen LogP contribution in [0.2, 0.25) is 5.02 Å². The minimum Gasteiger partial charge on any atom is -0.493 e. The molecule has 1 atom stereocenters. The topological polar surface area (TPSA) is 52.3 Å². The zero-order valence-electron chi connectivity index (χ0n) is 11.6. The third-order valence-electron chi connectivity index (χ3n) is 3.47. The number of carbonyl (C=O) groups is 1. The van der Waals surface area contributed by atoms with Gasteiger partial charge in [0.25, 0.3) is 0 Å². The quantitative estimate of drug-likeness (QED) is 0.927. The summed E-state index contributed by atoms with van der Waals surface area (Å²) in [5, 5.41) is 0.649. The van der Waals surface area contributed by atoms with E-state index >= 15 is 0 Å². The summed E-state index contributed by atoms with van der Waals surface area (Å²) >= 11 is 6.08. The summed E-state index contributed by atoms with van der Waals surface area (Å²) in [4.78, 5) is 12.2. The van der Waals surface area contributed by atoms with Gasteiger partial charge in [0, 0.05) is 23.4 Å². The lowest BCUT2D eigenvalue weighted by molar-refractivity contribution is -0.121. The number of nitrogens with two attached hydrogens (primary N) is 1. The van der Waals surface area contributed by atoms with Crippen LogP contribution in [0.15, 0.2) is 12.1 Å². The van der Waals surface area contributed by atoms with Gasteiger partial charge in [-0.3, -0.25) is 4.79 Å². The average molecular weight is 282 g/mol. The van der Waals surface area contributed by atoms with Crippen LogP contribution in [0.5, 0.6) is 5.75 Å². The minimum absolute atomic E-state index is 0.0208. The van der Waals surface area contributed by atoms with Crippen molar-refractivity contribution in [2.75, 3.05) is 6.61 Å². The summed E-state index contributed by atoms with van der Waals surface area (Å²) in [6.07, 6.45) is 1.13. The number of hydrogen-bond acceptors (Lipinski definition) is 3. The summed E-state index contributed by atoms with van der Waals surface area (Å²) in [6, 6.07) is 3.23. The first-order valence-corrected chi connectivity index (χ1v) is 6.89. The van der Waals surface area contributed by atoms with Crippen LogP contribution in [-0.2, 0) is 17.6 Å². The first-order valence-electron chi connectivity index (χ1n) is 6.51. The lowest BCUT2D eigenvalue weighted by Gasteiger charge is -2.25. The molecule has 0 saturated carbocycles. The van der Waals surface area contributed by atoms with Gasteiger partial charge in [-0.15, -0.1) is 0 Å². The first kappa shape index (κ1) is 14.4. The summed E-state index contributed by atoms with van der Waals surface area (Å²) in [7, 11) is 0. The Morgan fingerprint density at radius 1 is 1.47 bits per heavy atom. The molecule has 0 saturated heterocycles. The third-order valence-corrected chi connectivity index (χ3v) is 3.69. The highest BCUT2D eigenvalue weighted by molar-refractivity contribution is 6.30. The van der Waals surface area contributed by atoms with E-state index in [2.05, 4.69) is 0 Å². The molecule has 1 aromatic rings. The number of fused-ring (bicyclic) bond motifs is 1. The van der Waals surface area contributed by atoms with Gasteiger partial charge in [0.15, 0.2) is 5.78 Å². The van der Waals surface area contributed by atoms with Crippen LogP contribution in [0.3, 0.4) is 0 Å². The maximum Gasteiger partial charge on any atom is 0.154 e. The summed E-state index contributed by atoms with van der Waals surface area (Å²) in [5.74, 6) is 0.839. The molecule has 0 bridgehead atoms. The molecule has 3 nitrogen and oxygen atoms in total. The monoisotopic (exact) mass is 281 g/mol. The Morgan fingerprint density at radius 3 is 2.79 bits per heavy atom. The Morgan fingerprint density at radius 2 is 2.16 bits per heavy atom. The van der Waals surface area contributed by atoms with E-state index in [1.54, 1.807) is 6.07 Å². The van der Waals surface area contributed by atoms with E-state index in [0.29, 0.717) is 11.6 Å². The van der Waals surface area contributed by atoms with Crippen LogP contribution in [-0.4, -0.2) is 18.4 Å². The molecular formula is C15H20ClNO2. The number of rotatable bonds is 3. The van der Waals surface area contributed by atoms with Gasteiger partial charge in [-0.1, -0.05) is 32.4 Å². The molecule has 0 aliphatic carbocycles. The van der Waals surface area contributed by atoms with Crippen molar-refractivity contribution in [3.05, 3.63) is 28.3 Å².